The zero-order valence-electron chi connectivity index (χ0n) is 18.4. The minimum Gasteiger partial charge on any atom is -0.496 e. The van der Waals surface area contributed by atoms with Gasteiger partial charge in [-0.2, -0.15) is 0 Å². The Balaban J connectivity index is 1.62. The van der Waals surface area contributed by atoms with Crippen molar-refractivity contribution < 1.29 is 14.3 Å². The van der Waals surface area contributed by atoms with Gasteiger partial charge in [-0.1, -0.05) is 11.6 Å². The van der Waals surface area contributed by atoms with Crippen molar-refractivity contribution in [3.8, 4) is 5.75 Å². The molecule has 8 nitrogen and oxygen atoms in total. The molecule has 2 heterocycles. The van der Waals surface area contributed by atoms with Crippen molar-refractivity contribution in [1.29, 1.82) is 0 Å². The minimum atomic E-state index is -0.226. The second-order valence-corrected chi connectivity index (χ2v) is 8.69. The van der Waals surface area contributed by atoms with E-state index in [1.807, 2.05) is 6.92 Å². The number of hydrogen-bond acceptors (Lipinski definition) is 6. The third-order valence-corrected chi connectivity index (χ3v) is 6.60. The lowest BCUT2D eigenvalue weighted by atomic mass is 9.87. The molecule has 2 amide bonds. The van der Waals surface area contributed by atoms with Gasteiger partial charge >= 0.3 is 0 Å². The normalized spacial score (nSPS) is 19.6. The number of amides is 2. The van der Waals surface area contributed by atoms with Gasteiger partial charge in [0.05, 0.1) is 29.4 Å². The highest BCUT2D eigenvalue weighted by atomic mass is 35.5. The van der Waals surface area contributed by atoms with Crippen molar-refractivity contribution in [3.63, 3.8) is 0 Å². The Morgan fingerprint density at radius 3 is 2.55 bits per heavy atom. The maximum Gasteiger partial charge on any atom is 0.255 e. The fourth-order valence-electron chi connectivity index (χ4n) is 4.62. The quantitative estimate of drug-likeness (QED) is 0.469. The highest BCUT2D eigenvalue weighted by molar-refractivity contribution is 6.33. The first-order valence-electron chi connectivity index (χ1n) is 11.1. The predicted octanol–water partition coefficient (Wildman–Crippen LogP) is 1.63. The molecule has 31 heavy (non-hydrogen) atoms. The fourth-order valence-corrected chi connectivity index (χ4v) is 4.78. The molecule has 1 aromatic rings. The molecule has 2 fully saturated rings. The number of carbonyl (C=O) groups is 2. The van der Waals surface area contributed by atoms with Crippen LogP contribution in [0.3, 0.4) is 0 Å². The van der Waals surface area contributed by atoms with Gasteiger partial charge in [0.15, 0.2) is 0 Å². The number of nitrogens with two attached hydrogens (primary N) is 1. The van der Waals surface area contributed by atoms with Gasteiger partial charge in [-0.25, -0.2) is 0 Å². The lowest BCUT2D eigenvalue weighted by Crippen LogP contribution is -2.56. The summed E-state index contributed by atoms with van der Waals surface area (Å²) in [5.41, 5.74) is 6.56. The van der Waals surface area contributed by atoms with E-state index in [1.165, 1.54) is 7.11 Å². The monoisotopic (exact) mass is 451 g/mol. The van der Waals surface area contributed by atoms with Crippen molar-refractivity contribution in [3.05, 3.63) is 22.7 Å². The summed E-state index contributed by atoms with van der Waals surface area (Å²) in [6.45, 7) is 6.06. The van der Waals surface area contributed by atoms with Crippen LogP contribution < -0.4 is 26.4 Å². The van der Waals surface area contributed by atoms with E-state index in [2.05, 4.69) is 20.9 Å². The van der Waals surface area contributed by atoms with Crippen molar-refractivity contribution in [1.82, 2.24) is 20.9 Å². The van der Waals surface area contributed by atoms with Crippen molar-refractivity contribution in [2.45, 2.75) is 44.7 Å². The summed E-state index contributed by atoms with van der Waals surface area (Å²) in [7, 11) is 1.50. The van der Waals surface area contributed by atoms with Crippen LogP contribution in [0.1, 0.15) is 43.0 Å². The number of likely N-dealkylation sites (N-methyl/N-ethyl adjacent to an activating group) is 1. The molecule has 1 aromatic carbocycles. The molecule has 9 heteroatoms. The van der Waals surface area contributed by atoms with Crippen LogP contribution in [-0.2, 0) is 4.79 Å². The molecule has 0 spiro atoms. The van der Waals surface area contributed by atoms with Crippen LogP contribution in [0.15, 0.2) is 12.1 Å². The van der Waals surface area contributed by atoms with Crippen LogP contribution in [0.4, 0.5) is 5.69 Å². The molecule has 3 rings (SSSR count). The molecule has 2 aliphatic rings. The lowest BCUT2D eigenvalue weighted by molar-refractivity contribution is -0.129. The van der Waals surface area contributed by atoms with E-state index in [-0.39, 0.29) is 23.9 Å². The molecule has 0 radical (unpaired) electrons. The Hall–Kier alpha value is -2.03. The van der Waals surface area contributed by atoms with Crippen LogP contribution in [0.2, 0.25) is 5.02 Å². The number of carbonyl (C=O) groups excluding carboxylic acids is 2. The number of ether oxygens (including phenoxy) is 1. The highest BCUT2D eigenvalue weighted by Gasteiger charge is 2.36. The summed E-state index contributed by atoms with van der Waals surface area (Å²) in [5.74, 6) is 0.660. The zero-order valence-corrected chi connectivity index (χ0v) is 19.1. The summed E-state index contributed by atoms with van der Waals surface area (Å²) in [6.07, 6.45) is 3.60. The largest absolute Gasteiger partial charge is 0.496 e. The standard InChI is InChI=1S/C22H34ClN5O3/c1-3-26-22(30)20(14-4-8-25-9-5-14)28-10-6-15(7-11-28)27-21(29)16-12-17(23)18(24)13-19(16)31-2/h12-15,20,25H,3-11,24H2,1-2H3,(H,26,30)(H,27,29). The SMILES string of the molecule is CCNC(=O)C(C1CCNCC1)N1CCC(NC(=O)c2cc(Cl)c(N)cc2OC)CC1. The number of hydrogen-bond donors (Lipinski definition) is 4. The van der Waals surface area contributed by atoms with Crippen LogP contribution in [0.5, 0.6) is 5.75 Å². The topological polar surface area (TPSA) is 109 Å². The Morgan fingerprint density at radius 1 is 1.26 bits per heavy atom. The molecule has 0 saturated carbocycles. The number of rotatable bonds is 7. The van der Waals surface area contributed by atoms with E-state index in [9.17, 15) is 9.59 Å². The van der Waals surface area contributed by atoms with Crippen LogP contribution in [0.25, 0.3) is 0 Å². The van der Waals surface area contributed by atoms with Crippen LogP contribution >= 0.6 is 11.6 Å². The van der Waals surface area contributed by atoms with Crippen LogP contribution in [0, 0.1) is 5.92 Å². The minimum absolute atomic E-state index is 0.0349. The lowest BCUT2D eigenvalue weighted by Gasteiger charge is -2.41. The summed E-state index contributed by atoms with van der Waals surface area (Å²) in [4.78, 5) is 28.0. The Morgan fingerprint density at radius 2 is 1.94 bits per heavy atom. The molecule has 2 aliphatic heterocycles. The average Bonchev–Trinajstić information content (AvgIpc) is 2.77. The van der Waals surface area contributed by atoms with E-state index in [0.29, 0.717) is 34.5 Å². The molecule has 172 valence electrons. The molecular formula is C22H34ClN5O3. The molecule has 0 aliphatic carbocycles. The van der Waals surface area contributed by atoms with Gasteiger partial charge in [0.25, 0.3) is 5.91 Å². The van der Waals surface area contributed by atoms with Crippen molar-refractivity contribution in [2.24, 2.45) is 5.92 Å². The van der Waals surface area contributed by atoms with E-state index in [0.717, 1.165) is 51.9 Å². The second kappa shape index (κ2) is 11.0. The van der Waals surface area contributed by atoms with Crippen molar-refractivity contribution in [2.75, 3.05) is 45.6 Å². The summed E-state index contributed by atoms with van der Waals surface area (Å²) < 4.78 is 5.30. The Labute approximate surface area is 189 Å². The van der Waals surface area contributed by atoms with Gasteiger partial charge in [-0.3, -0.25) is 14.5 Å². The van der Waals surface area contributed by atoms with E-state index < -0.39 is 0 Å². The van der Waals surface area contributed by atoms with Crippen molar-refractivity contribution >= 4 is 29.1 Å². The Kier molecular flexibility index (Phi) is 8.40. The number of piperidine rings is 2. The second-order valence-electron chi connectivity index (χ2n) is 8.28. The molecule has 2 saturated heterocycles. The number of halogens is 1. The maximum atomic E-state index is 12.8. The molecule has 5 N–H and O–H groups in total. The Bertz CT molecular complexity index is 777. The first-order valence-corrected chi connectivity index (χ1v) is 11.5. The maximum absolute atomic E-state index is 12.8. The van der Waals surface area contributed by atoms with E-state index in [1.54, 1.807) is 12.1 Å². The summed E-state index contributed by atoms with van der Waals surface area (Å²) in [5, 5.41) is 9.82. The van der Waals surface area contributed by atoms with Gasteiger partial charge in [0, 0.05) is 31.7 Å². The van der Waals surface area contributed by atoms with Crippen LogP contribution in [-0.4, -0.2) is 68.6 Å². The third kappa shape index (κ3) is 5.81. The molecule has 0 aromatic heterocycles. The smallest absolute Gasteiger partial charge is 0.255 e. The highest BCUT2D eigenvalue weighted by Crippen LogP contribution is 2.29. The molecule has 1 unspecified atom stereocenters. The van der Waals surface area contributed by atoms with Gasteiger partial charge in [0.1, 0.15) is 5.75 Å². The number of nitrogens with one attached hydrogen (secondary N) is 3. The molecule has 0 bridgehead atoms. The van der Waals surface area contributed by atoms with Gasteiger partial charge in [-0.15, -0.1) is 0 Å². The number of likely N-dealkylation sites (tertiary alicyclic amines) is 1. The number of nitrogens with zero attached hydrogens (tertiary/aromatic N) is 1. The van der Waals surface area contributed by atoms with Gasteiger partial charge in [-0.05, 0) is 57.7 Å². The van der Waals surface area contributed by atoms with E-state index >= 15 is 0 Å². The fraction of sp³-hybridized carbons (Fsp3) is 0.636. The first kappa shape index (κ1) is 23.6. The number of anilines is 1. The van der Waals surface area contributed by atoms with Gasteiger partial charge in [0.2, 0.25) is 5.91 Å². The van der Waals surface area contributed by atoms with E-state index in [4.69, 9.17) is 22.1 Å². The summed E-state index contributed by atoms with van der Waals surface area (Å²) >= 11 is 6.10. The molecular weight excluding hydrogens is 418 g/mol. The number of nitrogen functional groups attached to an aromatic ring is 1. The average molecular weight is 452 g/mol. The number of methoxy groups -OCH3 is 1. The number of benzene rings is 1. The van der Waals surface area contributed by atoms with Gasteiger partial charge < -0.3 is 26.4 Å². The first-order chi connectivity index (χ1) is 14.9. The summed E-state index contributed by atoms with van der Waals surface area (Å²) in [6, 6.07) is 3.04. The predicted molar refractivity (Wildman–Crippen MR) is 123 cm³/mol. The third-order valence-electron chi connectivity index (χ3n) is 6.27. The zero-order chi connectivity index (χ0) is 22.4. The molecule has 1 atom stereocenters.